The van der Waals surface area contributed by atoms with Crippen LogP contribution < -0.4 is 4.74 Å². The van der Waals surface area contributed by atoms with Crippen molar-refractivity contribution in [3.63, 3.8) is 0 Å². The third kappa shape index (κ3) is 3.31. The Balaban J connectivity index is 1.95. The van der Waals surface area contributed by atoms with E-state index in [1.165, 1.54) is 0 Å². The van der Waals surface area contributed by atoms with Crippen LogP contribution in [0, 0.1) is 27.7 Å². The normalized spacial score (nSPS) is 12.3. The van der Waals surface area contributed by atoms with Crippen LogP contribution in [-0.4, -0.2) is 16.1 Å². The van der Waals surface area contributed by atoms with Gasteiger partial charge in [0, 0.05) is 27.2 Å². The molecule has 3 aromatic rings. The summed E-state index contributed by atoms with van der Waals surface area (Å²) in [6.45, 7) is 10.2. The predicted molar refractivity (Wildman–Crippen MR) is 105 cm³/mol. The number of carboxylic acids is 1. The molecule has 1 aromatic carbocycles. The summed E-state index contributed by atoms with van der Waals surface area (Å²) >= 11 is 1.59. The zero-order valence-electron chi connectivity index (χ0n) is 15.7. The molecule has 0 radical (unpaired) electrons. The van der Waals surface area contributed by atoms with Gasteiger partial charge in [0.25, 0.3) is 0 Å². The molecule has 2 heterocycles. The molecule has 0 amide bonds. The summed E-state index contributed by atoms with van der Waals surface area (Å²) in [4.78, 5) is 15.9. The Morgan fingerprint density at radius 3 is 2.65 bits per heavy atom. The monoisotopic (exact) mass is 369 g/mol. The van der Waals surface area contributed by atoms with Crippen LogP contribution in [0.5, 0.6) is 5.75 Å². The number of benzene rings is 1. The highest BCUT2D eigenvalue weighted by atomic mass is 32.1. The highest BCUT2D eigenvalue weighted by Crippen LogP contribution is 2.39. The Kier molecular flexibility index (Phi) is 5.01. The molecule has 26 heavy (non-hydrogen) atoms. The first-order valence-corrected chi connectivity index (χ1v) is 9.47. The lowest BCUT2D eigenvalue weighted by atomic mass is 9.96. The predicted octanol–water partition coefficient (Wildman–Crippen LogP) is 5.30. The molecule has 1 atom stereocenters. The second-order valence-electron chi connectivity index (χ2n) is 6.76. The number of pyridine rings is 1. The van der Waals surface area contributed by atoms with E-state index >= 15 is 0 Å². The summed E-state index contributed by atoms with van der Waals surface area (Å²) in [5.74, 6) is -0.481. The third-order valence-corrected chi connectivity index (χ3v) is 5.94. The van der Waals surface area contributed by atoms with Gasteiger partial charge in [0.15, 0.2) is 0 Å². The lowest BCUT2D eigenvalue weighted by Gasteiger charge is -2.14. The molecule has 1 unspecified atom stereocenters. The maximum absolute atomic E-state index is 11.4. The van der Waals surface area contributed by atoms with E-state index in [1.54, 1.807) is 18.3 Å². The zero-order chi connectivity index (χ0) is 19.0. The molecule has 0 bridgehead atoms. The molecule has 3 rings (SSSR count). The van der Waals surface area contributed by atoms with Crippen molar-refractivity contribution >= 4 is 27.4 Å². The maximum Gasteiger partial charge on any atom is 0.310 e. The molecule has 0 saturated heterocycles. The van der Waals surface area contributed by atoms with Crippen LogP contribution in [0.25, 0.3) is 10.1 Å². The minimum absolute atomic E-state index is 0.467. The van der Waals surface area contributed by atoms with E-state index < -0.39 is 11.9 Å². The Labute approximate surface area is 157 Å². The van der Waals surface area contributed by atoms with Gasteiger partial charge in [-0.05, 0) is 68.6 Å². The standard InChI is InChI=1S/C21H23NO3S/c1-11-8-18(25-9-16-7-6-12(2)22-15(16)5)14(4)20-19(11)17(10-26-20)13(3)21(23)24/h6-8,10,13H,9H2,1-5H3,(H,23,24). The van der Waals surface area contributed by atoms with Crippen LogP contribution in [0.15, 0.2) is 23.6 Å². The molecule has 0 spiro atoms. The Bertz CT molecular complexity index is 991. The zero-order valence-corrected chi connectivity index (χ0v) is 16.5. The van der Waals surface area contributed by atoms with Crippen molar-refractivity contribution in [2.24, 2.45) is 0 Å². The summed E-state index contributed by atoms with van der Waals surface area (Å²) in [7, 11) is 0. The van der Waals surface area contributed by atoms with Crippen molar-refractivity contribution in [3.8, 4) is 5.75 Å². The van der Waals surface area contributed by atoms with Crippen molar-refractivity contribution in [2.75, 3.05) is 0 Å². The number of aryl methyl sites for hydroxylation is 4. The van der Waals surface area contributed by atoms with Crippen molar-refractivity contribution in [3.05, 3.63) is 57.2 Å². The number of ether oxygens (including phenoxy) is 1. The molecule has 4 nitrogen and oxygen atoms in total. The number of hydrogen-bond donors (Lipinski definition) is 1. The lowest BCUT2D eigenvalue weighted by Crippen LogP contribution is -2.07. The van der Waals surface area contributed by atoms with Crippen molar-refractivity contribution < 1.29 is 14.6 Å². The number of carbonyl (C=O) groups is 1. The van der Waals surface area contributed by atoms with Gasteiger partial charge >= 0.3 is 5.97 Å². The second kappa shape index (κ2) is 7.08. The molecule has 1 N–H and O–H groups in total. The average Bonchev–Trinajstić information content (AvgIpc) is 3.03. The SMILES string of the molecule is Cc1ccc(COc2cc(C)c3c(C(C)C(=O)O)csc3c2C)c(C)n1. The van der Waals surface area contributed by atoms with Crippen LogP contribution in [0.1, 0.15) is 46.5 Å². The van der Waals surface area contributed by atoms with Crippen molar-refractivity contribution in [1.82, 2.24) is 4.98 Å². The number of hydrogen-bond acceptors (Lipinski definition) is 4. The van der Waals surface area contributed by atoms with Gasteiger partial charge in [-0.25, -0.2) is 0 Å². The summed E-state index contributed by atoms with van der Waals surface area (Å²) < 4.78 is 7.20. The molecular formula is C21H23NO3S. The summed E-state index contributed by atoms with van der Waals surface area (Å²) in [6, 6.07) is 6.06. The fraction of sp³-hybridized carbons (Fsp3) is 0.333. The summed E-state index contributed by atoms with van der Waals surface area (Å²) in [5, 5.41) is 12.4. The Morgan fingerprint density at radius 2 is 2.00 bits per heavy atom. The van der Waals surface area contributed by atoms with Gasteiger partial charge in [0.1, 0.15) is 12.4 Å². The maximum atomic E-state index is 11.4. The molecule has 0 aliphatic carbocycles. The fourth-order valence-corrected chi connectivity index (χ4v) is 4.41. The molecule has 2 aromatic heterocycles. The number of rotatable bonds is 5. The van der Waals surface area contributed by atoms with Crippen LogP contribution in [0.4, 0.5) is 0 Å². The number of thiophene rings is 1. The second-order valence-corrected chi connectivity index (χ2v) is 7.64. The van der Waals surface area contributed by atoms with E-state index in [-0.39, 0.29) is 0 Å². The number of carboxylic acid groups (broad SMARTS) is 1. The number of nitrogens with zero attached hydrogens (tertiary/aromatic N) is 1. The van der Waals surface area contributed by atoms with Crippen LogP contribution in [0.2, 0.25) is 0 Å². The van der Waals surface area contributed by atoms with Gasteiger partial charge in [-0.2, -0.15) is 0 Å². The van der Waals surface area contributed by atoms with Crippen molar-refractivity contribution in [1.29, 1.82) is 0 Å². The topological polar surface area (TPSA) is 59.4 Å². The van der Waals surface area contributed by atoms with E-state index in [0.717, 1.165) is 49.5 Å². The minimum atomic E-state index is -0.801. The minimum Gasteiger partial charge on any atom is -0.489 e. The van der Waals surface area contributed by atoms with Crippen LogP contribution in [0.3, 0.4) is 0 Å². The van der Waals surface area contributed by atoms with Crippen molar-refractivity contribution in [2.45, 2.75) is 47.1 Å². The van der Waals surface area contributed by atoms with Gasteiger partial charge in [-0.15, -0.1) is 11.3 Å². The van der Waals surface area contributed by atoms with E-state index in [2.05, 4.69) is 11.1 Å². The lowest BCUT2D eigenvalue weighted by molar-refractivity contribution is -0.138. The third-order valence-electron chi connectivity index (χ3n) is 4.83. The van der Waals surface area contributed by atoms with Gasteiger partial charge in [-0.3, -0.25) is 9.78 Å². The van der Waals surface area contributed by atoms with Crippen LogP contribution >= 0.6 is 11.3 Å². The number of aliphatic carboxylic acids is 1. The summed E-state index contributed by atoms with van der Waals surface area (Å²) in [5.41, 5.74) is 6.02. The van der Waals surface area contributed by atoms with Crippen LogP contribution in [-0.2, 0) is 11.4 Å². The molecule has 0 aliphatic rings. The first kappa shape index (κ1) is 18.4. The van der Waals surface area contributed by atoms with E-state index in [0.29, 0.717) is 6.61 Å². The van der Waals surface area contributed by atoms with E-state index in [9.17, 15) is 9.90 Å². The smallest absolute Gasteiger partial charge is 0.310 e. The molecule has 136 valence electrons. The fourth-order valence-electron chi connectivity index (χ4n) is 3.17. The summed E-state index contributed by atoms with van der Waals surface area (Å²) in [6.07, 6.45) is 0. The first-order chi connectivity index (χ1) is 12.3. The quantitative estimate of drug-likeness (QED) is 0.663. The van der Waals surface area contributed by atoms with E-state index in [4.69, 9.17) is 4.74 Å². The molecular weight excluding hydrogens is 346 g/mol. The van der Waals surface area contributed by atoms with E-state index in [1.807, 2.05) is 45.2 Å². The molecule has 0 aliphatic heterocycles. The Morgan fingerprint density at radius 1 is 1.27 bits per heavy atom. The molecule has 0 fully saturated rings. The first-order valence-electron chi connectivity index (χ1n) is 8.59. The number of fused-ring (bicyclic) bond motifs is 1. The van der Waals surface area contributed by atoms with Gasteiger partial charge in [0.05, 0.1) is 5.92 Å². The van der Waals surface area contributed by atoms with Gasteiger partial charge in [-0.1, -0.05) is 6.07 Å². The molecule has 5 heteroatoms. The molecule has 0 saturated carbocycles. The number of aromatic nitrogens is 1. The largest absolute Gasteiger partial charge is 0.489 e. The highest BCUT2D eigenvalue weighted by molar-refractivity contribution is 7.17. The average molecular weight is 369 g/mol. The van der Waals surface area contributed by atoms with Gasteiger partial charge < -0.3 is 9.84 Å². The highest BCUT2D eigenvalue weighted by Gasteiger charge is 2.21. The Hall–Kier alpha value is -2.40. The van der Waals surface area contributed by atoms with Gasteiger partial charge in [0.2, 0.25) is 0 Å².